The molecule has 0 aliphatic heterocycles. The number of amides is 3. The number of sulfonamides is 1. The number of carbonyl (C=O) groups is 2. The molecule has 0 bridgehead atoms. The second-order valence-electron chi connectivity index (χ2n) is 5.36. The van der Waals surface area contributed by atoms with Gasteiger partial charge in [0.15, 0.2) is 0 Å². The van der Waals surface area contributed by atoms with Crippen molar-refractivity contribution in [2.45, 2.75) is 17.9 Å². The van der Waals surface area contributed by atoms with Gasteiger partial charge in [0.25, 0.3) is 10.0 Å². The quantitative estimate of drug-likeness (QED) is 0.595. The fraction of sp³-hybridized carbons (Fsp3) is 0.125. The maximum Gasteiger partial charge on any atom is 0.312 e. The van der Waals surface area contributed by atoms with Gasteiger partial charge in [-0.1, -0.05) is 23.7 Å². The molecule has 2 aromatic carbocycles. The molecule has 0 fully saturated rings. The molecule has 0 aliphatic carbocycles. The Hall–Kier alpha value is -2.78. The minimum absolute atomic E-state index is 0.0502. The van der Waals surface area contributed by atoms with E-state index in [1.54, 1.807) is 18.2 Å². The van der Waals surface area contributed by atoms with E-state index in [1.807, 2.05) is 0 Å². The summed E-state index contributed by atoms with van der Waals surface area (Å²) in [7, 11) is -3.88. The van der Waals surface area contributed by atoms with Gasteiger partial charge in [-0.25, -0.2) is 13.2 Å². The molecule has 10 heteroatoms. The van der Waals surface area contributed by atoms with Crippen molar-refractivity contribution in [2.24, 2.45) is 5.73 Å². The highest BCUT2D eigenvalue weighted by molar-refractivity contribution is 7.92. The van der Waals surface area contributed by atoms with E-state index in [9.17, 15) is 18.0 Å². The van der Waals surface area contributed by atoms with E-state index < -0.39 is 28.0 Å². The number of carbonyl (C=O) groups excluding carboxylic acids is 2. The normalized spacial score (nSPS) is 12.1. The van der Waals surface area contributed by atoms with Crippen LogP contribution in [0.15, 0.2) is 53.4 Å². The number of benzene rings is 2. The Morgan fingerprint density at radius 3 is 2.38 bits per heavy atom. The van der Waals surface area contributed by atoms with E-state index in [-0.39, 0.29) is 10.6 Å². The first kappa shape index (κ1) is 19.5. The first-order chi connectivity index (χ1) is 12.2. The fourth-order valence-electron chi connectivity index (χ4n) is 2.04. The third-order valence-electron chi connectivity index (χ3n) is 3.24. The molecule has 2 rings (SSSR count). The highest BCUT2D eigenvalue weighted by Gasteiger charge is 2.17. The molecule has 26 heavy (non-hydrogen) atoms. The van der Waals surface area contributed by atoms with E-state index in [2.05, 4.69) is 15.4 Å². The second-order valence-corrected chi connectivity index (χ2v) is 7.48. The lowest BCUT2D eigenvalue weighted by atomic mass is 10.2. The summed E-state index contributed by atoms with van der Waals surface area (Å²) in [5.74, 6) is -0.541. The first-order valence-electron chi connectivity index (χ1n) is 7.42. The van der Waals surface area contributed by atoms with Crippen molar-refractivity contribution in [3.05, 3.63) is 53.6 Å². The predicted octanol–water partition coefficient (Wildman–Crippen LogP) is 2.14. The zero-order valence-electron chi connectivity index (χ0n) is 13.7. The summed E-state index contributed by atoms with van der Waals surface area (Å²) in [4.78, 5) is 22.7. The van der Waals surface area contributed by atoms with Crippen LogP contribution in [0.25, 0.3) is 0 Å². The predicted molar refractivity (Wildman–Crippen MR) is 99.5 cm³/mol. The Kier molecular flexibility index (Phi) is 6.06. The number of urea groups is 1. The van der Waals surface area contributed by atoms with E-state index in [1.165, 1.54) is 37.3 Å². The third kappa shape index (κ3) is 5.36. The lowest BCUT2D eigenvalue weighted by Crippen LogP contribution is -2.44. The summed E-state index contributed by atoms with van der Waals surface area (Å²) in [6.07, 6.45) is 0. The van der Waals surface area contributed by atoms with Crippen LogP contribution in [0.5, 0.6) is 0 Å². The molecule has 0 spiro atoms. The Labute approximate surface area is 155 Å². The second kappa shape index (κ2) is 8.07. The molecular formula is C16H17ClN4O4S. The zero-order valence-corrected chi connectivity index (χ0v) is 15.3. The van der Waals surface area contributed by atoms with Crippen molar-refractivity contribution >= 4 is 44.9 Å². The standard InChI is InChI=1S/C16H17ClN4O4S/c1-10(19-16(18)23)15(22)20-12-5-3-7-14(9-12)26(24,25)21-13-6-2-4-11(17)8-13/h2-10,21H,1H3,(H,20,22)(H3,18,19,23). The number of halogens is 1. The number of anilines is 2. The molecule has 0 radical (unpaired) electrons. The first-order valence-corrected chi connectivity index (χ1v) is 9.29. The van der Waals surface area contributed by atoms with E-state index in [0.717, 1.165) is 0 Å². The lowest BCUT2D eigenvalue weighted by Gasteiger charge is -2.13. The number of nitrogens with one attached hydrogen (secondary N) is 3. The van der Waals surface area contributed by atoms with Crippen molar-refractivity contribution in [1.82, 2.24) is 5.32 Å². The van der Waals surface area contributed by atoms with Crippen LogP contribution >= 0.6 is 11.6 Å². The van der Waals surface area contributed by atoms with E-state index >= 15 is 0 Å². The zero-order chi connectivity index (χ0) is 19.3. The van der Waals surface area contributed by atoms with Crippen molar-refractivity contribution in [1.29, 1.82) is 0 Å². The molecule has 1 unspecified atom stereocenters. The average Bonchev–Trinajstić information content (AvgIpc) is 2.54. The molecule has 3 amide bonds. The summed E-state index contributed by atoms with van der Waals surface area (Å²) in [5.41, 5.74) is 5.53. The van der Waals surface area contributed by atoms with Crippen LogP contribution in [-0.2, 0) is 14.8 Å². The summed E-state index contributed by atoms with van der Waals surface area (Å²) in [6.45, 7) is 1.45. The molecule has 0 saturated carbocycles. The van der Waals surface area contributed by atoms with Crippen LogP contribution < -0.4 is 21.1 Å². The molecule has 2 aromatic rings. The van der Waals surface area contributed by atoms with Gasteiger partial charge in [0.1, 0.15) is 6.04 Å². The molecule has 5 N–H and O–H groups in total. The van der Waals surface area contributed by atoms with Crippen LogP contribution in [0.3, 0.4) is 0 Å². The van der Waals surface area contributed by atoms with Crippen molar-refractivity contribution in [2.75, 3.05) is 10.0 Å². The monoisotopic (exact) mass is 396 g/mol. The van der Waals surface area contributed by atoms with E-state index in [4.69, 9.17) is 17.3 Å². The Bertz CT molecular complexity index is 933. The summed E-state index contributed by atoms with van der Waals surface area (Å²) in [6, 6.07) is 10.2. The van der Waals surface area contributed by atoms with Gasteiger partial charge in [0, 0.05) is 10.7 Å². The molecule has 0 aromatic heterocycles. The Morgan fingerprint density at radius 2 is 1.73 bits per heavy atom. The van der Waals surface area contributed by atoms with Crippen LogP contribution in [0.2, 0.25) is 5.02 Å². The summed E-state index contributed by atoms with van der Waals surface area (Å²) < 4.78 is 27.4. The lowest BCUT2D eigenvalue weighted by molar-refractivity contribution is -0.117. The Balaban J connectivity index is 2.17. The van der Waals surface area contributed by atoms with Crippen LogP contribution in [0, 0.1) is 0 Å². The minimum atomic E-state index is -3.88. The summed E-state index contributed by atoms with van der Waals surface area (Å²) in [5, 5.41) is 5.13. The highest BCUT2D eigenvalue weighted by Crippen LogP contribution is 2.21. The molecule has 8 nitrogen and oxygen atoms in total. The van der Waals surface area contributed by atoms with Crippen LogP contribution in [0.4, 0.5) is 16.2 Å². The van der Waals surface area contributed by atoms with Gasteiger partial charge in [-0.15, -0.1) is 0 Å². The smallest absolute Gasteiger partial charge is 0.312 e. The number of rotatable bonds is 6. The number of hydrogen-bond acceptors (Lipinski definition) is 4. The maximum absolute atomic E-state index is 12.5. The van der Waals surface area contributed by atoms with Crippen molar-refractivity contribution in [3.8, 4) is 0 Å². The van der Waals surface area contributed by atoms with Crippen molar-refractivity contribution in [3.63, 3.8) is 0 Å². The molecule has 138 valence electrons. The van der Waals surface area contributed by atoms with Gasteiger partial charge in [-0.2, -0.15) is 0 Å². The van der Waals surface area contributed by atoms with Gasteiger partial charge >= 0.3 is 6.03 Å². The number of hydrogen-bond donors (Lipinski definition) is 4. The van der Waals surface area contributed by atoms with Gasteiger partial charge < -0.3 is 16.4 Å². The highest BCUT2D eigenvalue weighted by atomic mass is 35.5. The van der Waals surface area contributed by atoms with Gasteiger partial charge in [-0.3, -0.25) is 9.52 Å². The van der Waals surface area contributed by atoms with Gasteiger partial charge in [-0.05, 0) is 43.3 Å². The number of primary amides is 1. The maximum atomic E-state index is 12.5. The molecule has 0 heterocycles. The van der Waals surface area contributed by atoms with Crippen LogP contribution in [-0.4, -0.2) is 26.4 Å². The van der Waals surface area contributed by atoms with Gasteiger partial charge in [0.2, 0.25) is 5.91 Å². The SMILES string of the molecule is CC(NC(N)=O)C(=O)Nc1cccc(S(=O)(=O)Nc2cccc(Cl)c2)c1. The van der Waals surface area contributed by atoms with Crippen LogP contribution in [0.1, 0.15) is 6.92 Å². The fourth-order valence-corrected chi connectivity index (χ4v) is 3.32. The third-order valence-corrected chi connectivity index (χ3v) is 4.85. The minimum Gasteiger partial charge on any atom is -0.352 e. The molecular weight excluding hydrogens is 380 g/mol. The van der Waals surface area contributed by atoms with Crippen molar-refractivity contribution < 1.29 is 18.0 Å². The largest absolute Gasteiger partial charge is 0.352 e. The average molecular weight is 397 g/mol. The molecule has 0 aliphatic rings. The Morgan fingerprint density at radius 1 is 1.08 bits per heavy atom. The summed E-state index contributed by atoms with van der Waals surface area (Å²) >= 11 is 5.85. The van der Waals surface area contributed by atoms with E-state index in [0.29, 0.717) is 10.7 Å². The number of nitrogens with two attached hydrogens (primary N) is 1. The molecule has 1 atom stereocenters. The topological polar surface area (TPSA) is 130 Å². The van der Waals surface area contributed by atoms with Gasteiger partial charge in [0.05, 0.1) is 10.6 Å². The molecule has 0 saturated heterocycles.